The summed E-state index contributed by atoms with van der Waals surface area (Å²) < 4.78 is 16.1. The number of hydrogen-bond donors (Lipinski definition) is 0. The quantitative estimate of drug-likeness (QED) is 0.166. The van der Waals surface area contributed by atoms with Crippen LogP contribution in [0.3, 0.4) is 0 Å². The molecule has 6 aromatic rings. The van der Waals surface area contributed by atoms with Crippen LogP contribution in [0.15, 0.2) is 138 Å². The fraction of sp³-hybridized carbons (Fsp3) is 0. The van der Waals surface area contributed by atoms with E-state index in [1.165, 1.54) is 21.5 Å². The third kappa shape index (κ3) is 3.65. The second-order valence-corrected chi connectivity index (χ2v) is 12.2. The van der Waals surface area contributed by atoms with E-state index < -0.39 is 7.14 Å². The van der Waals surface area contributed by atoms with Gasteiger partial charge in [0.15, 0.2) is 7.14 Å². The largest absolute Gasteiger partial charge is 0.309 e. The molecule has 168 valence electrons. The van der Waals surface area contributed by atoms with Crippen LogP contribution in [-0.2, 0) is 4.57 Å². The summed E-state index contributed by atoms with van der Waals surface area (Å²) in [5.74, 6) is 0. The van der Waals surface area contributed by atoms with E-state index in [0.29, 0.717) is 0 Å². The van der Waals surface area contributed by atoms with Crippen molar-refractivity contribution in [1.29, 1.82) is 0 Å². The maximum Gasteiger partial charge on any atom is 0.171 e. The highest BCUT2D eigenvalue weighted by Gasteiger charge is 2.30. The molecule has 0 aliphatic heterocycles. The summed E-state index contributed by atoms with van der Waals surface area (Å²) in [5.41, 5.74) is 2.23. The zero-order valence-electron chi connectivity index (χ0n) is 18.9. The van der Waals surface area contributed by atoms with Crippen LogP contribution >= 0.6 is 23.1 Å². The highest BCUT2D eigenvalue weighted by molar-refractivity contribution is 9.10. The molecule has 0 N–H and O–H groups in total. The number of fused-ring (bicyclic) bond motifs is 2. The molecule has 0 fully saturated rings. The zero-order valence-corrected chi connectivity index (χ0v) is 21.4. The van der Waals surface area contributed by atoms with Crippen LogP contribution in [0, 0.1) is 0 Å². The summed E-state index contributed by atoms with van der Waals surface area (Å²) in [6.07, 6.45) is 0. The SMILES string of the molecule is O=P(c1ccccc1)(c1ccccc1)c1cccc(-c2c3ccccc3c(Br)c3ccccc23)c1. The van der Waals surface area contributed by atoms with Gasteiger partial charge in [-0.2, -0.15) is 0 Å². The molecule has 0 saturated heterocycles. The Hall–Kier alpha value is -3.45. The third-order valence-electron chi connectivity index (χ3n) is 6.60. The van der Waals surface area contributed by atoms with Crippen molar-refractivity contribution in [3.8, 4) is 11.1 Å². The predicted molar refractivity (Wildman–Crippen MR) is 154 cm³/mol. The summed E-state index contributed by atoms with van der Waals surface area (Å²) in [6.45, 7) is 0. The van der Waals surface area contributed by atoms with Crippen LogP contribution in [-0.4, -0.2) is 0 Å². The Bertz CT molecular complexity index is 1630. The van der Waals surface area contributed by atoms with Crippen molar-refractivity contribution < 1.29 is 4.57 Å². The van der Waals surface area contributed by atoms with Crippen molar-refractivity contribution in [2.24, 2.45) is 0 Å². The molecule has 3 heteroatoms. The van der Waals surface area contributed by atoms with Gasteiger partial charge in [0.2, 0.25) is 0 Å². The Labute approximate surface area is 213 Å². The van der Waals surface area contributed by atoms with E-state index >= 15 is 0 Å². The summed E-state index contributed by atoms with van der Waals surface area (Å²) in [5, 5.41) is 7.20. The van der Waals surface area contributed by atoms with Crippen LogP contribution in [0.25, 0.3) is 32.7 Å². The van der Waals surface area contributed by atoms with Crippen LogP contribution < -0.4 is 15.9 Å². The van der Waals surface area contributed by atoms with E-state index in [9.17, 15) is 4.57 Å². The Morgan fingerprint density at radius 1 is 0.457 bits per heavy atom. The highest BCUT2D eigenvalue weighted by Crippen LogP contribution is 2.45. The van der Waals surface area contributed by atoms with Crippen molar-refractivity contribution in [3.05, 3.63) is 138 Å². The Morgan fingerprint density at radius 2 is 0.886 bits per heavy atom. The maximum atomic E-state index is 15.0. The van der Waals surface area contributed by atoms with Gasteiger partial charge in [0.25, 0.3) is 0 Å². The first-order valence-corrected chi connectivity index (χ1v) is 14.1. The van der Waals surface area contributed by atoms with Gasteiger partial charge in [-0.1, -0.05) is 127 Å². The van der Waals surface area contributed by atoms with E-state index in [4.69, 9.17) is 0 Å². The van der Waals surface area contributed by atoms with Crippen molar-refractivity contribution in [1.82, 2.24) is 0 Å². The summed E-state index contributed by atoms with van der Waals surface area (Å²) in [4.78, 5) is 0. The van der Waals surface area contributed by atoms with Gasteiger partial charge in [0, 0.05) is 20.4 Å². The van der Waals surface area contributed by atoms with E-state index in [1.807, 2.05) is 72.8 Å². The van der Waals surface area contributed by atoms with Crippen molar-refractivity contribution in [3.63, 3.8) is 0 Å². The van der Waals surface area contributed by atoms with Gasteiger partial charge in [-0.3, -0.25) is 0 Å². The maximum absolute atomic E-state index is 15.0. The Balaban J connectivity index is 1.67. The molecule has 0 aliphatic carbocycles. The molecule has 0 aliphatic rings. The minimum atomic E-state index is -3.06. The standard InChI is InChI=1S/C32H22BrOP/c33-32-29-20-9-7-18-27(29)31(28-19-8-10-21-30(28)32)23-12-11-17-26(22-23)35(34,24-13-3-1-4-14-24)25-15-5-2-6-16-25/h1-22H. The average Bonchev–Trinajstić information content (AvgIpc) is 2.94. The van der Waals surface area contributed by atoms with Crippen molar-refractivity contribution in [2.45, 2.75) is 0 Å². The van der Waals surface area contributed by atoms with Gasteiger partial charge in [0.1, 0.15) is 0 Å². The fourth-order valence-corrected chi connectivity index (χ4v) is 8.35. The Morgan fingerprint density at radius 3 is 1.40 bits per heavy atom. The van der Waals surface area contributed by atoms with Gasteiger partial charge in [0.05, 0.1) is 0 Å². The molecular formula is C32H22BrOP. The molecule has 0 heterocycles. The second kappa shape index (κ2) is 8.96. The average molecular weight is 533 g/mol. The smallest absolute Gasteiger partial charge is 0.171 e. The van der Waals surface area contributed by atoms with Crippen LogP contribution in [0.4, 0.5) is 0 Å². The number of halogens is 1. The number of benzene rings is 6. The van der Waals surface area contributed by atoms with Crippen LogP contribution in [0.2, 0.25) is 0 Å². The minimum Gasteiger partial charge on any atom is -0.309 e. The molecule has 0 radical (unpaired) electrons. The van der Waals surface area contributed by atoms with Crippen LogP contribution in [0.5, 0.6) is 0 Å². The first kappa shape index (κ1) is 22.0. The zero-order chi connectivity index (χ0) is 23.8. The molecule has 0 atom stereocenters. The Kier molecular flexibility index (Phi) is 5.65. The lowest BCUT2D eigenvalue weighted by molar-refractivity contribution is 0.592. The molecule has 0 aromatic heterocycles. The molecular weight excluding hydrogens is 511 g/mol. The predicted octanol–water partition coefficient (Wildman–Crippen LogP) is 8.06. The molecule has 0 spiro atoms. The lowest BCUT2D eigenvalue weighted by Crippen LogP contribution is -2.25. The van der Waals surface area contributed by atoms with Crippen molar-refractivity contribution in [2.75, 3.05) is 0 Å². The first-order valence-electron chi connectivity index (χ1n) is 11.6. The molecule has 0 bridgehead atoms. The molecule has 1 nitrogen and oxygen atoms in total. The van der Waals surface area contributed by atoms with E-state index in [0.717, 1.165) is 31.5 Å². The summed E-state index contributed by atoms with van der Waals surface area (Å²) in [6, 6.07) is 44.9. The van der Waals surface area contributed by atoms with Crippen molar-refractivity contribution >= 4 is 60.5 Å². The van der Waals surface area contributed by atoms with Gasteiger partial charge < -0.3 is 4.57 Å². The number of hydrogen-bond acceptors (Lipinski definition) is 1. The highest BCUT2D eigenvalue weighted by atomic mass is 79.9. The first-order chi connectivity index (χ1) is 17.2. The molecule has 6 rings (SSSR count). The lowest BCUT2D eigenvalue weighted by atomic mass is 9.92. The lowest BCUT2D eigenvalue weighted by Gasteiger charge is -2.21. The topological polar surface area (TPSA) is 17.1 Å². The van der Waals surface area contributed by atoms with Gasteiger partial charge in [-0.25, -0.2) is 0 Å². The molecule has 0 amide bonds. The third-order valence-corrected chi connectivity index (χ3v) is 10.5. The van der Waals surface area contributed by atoms with E-state index in [1.54, 1.807) is 0 Å². The van der Waals surface area contributed by atoms with Gasteiger partial charge >= 0.3 is 0 Å². The summed E-state index contributed by atoms with van der Waals surface area (Å²) >= 11 is 3.85. The molecule has 0 saturated carbocycles. The van der Waals surface area contributed by atoms with Gasteiger partial charge in [-0.15, -0.1) is 0 Å². The molecule has 6 aromatic carbocycles. The van der Waals surface area contributed by atoms with Crippen LogP contribution in [0.1, 0.15) is 0 Å². The molecule has 35 heavy (non-hydrogen) atoms. The monoisotopic (exact) mass is 532 g/mol. The fourth-order valence-electron chi connectivity index (χ4n) is 4.97. The summed E-state index contributed by atoms with van der Waals surface area (Å²) in [7, 11) is -3.06. The molecule has 0 unspecified atom stereocenters. The number of rotatable bonds is 4. The van der Waals surface area contributed by atoms with E-state index in [-0.39, 0.29) is 0 Å². The minimum absolute atomic E-state index is 0.837. The normalized spacial score (nSPS) is 11.7. The van der Waals surface area contributed by atoms with Gasteiger partial charge in [-0.05, 0) is 54.7 Å². The van der Waals surface area contributed by atoms with E-state index in [2.05, 4.69) is 76.6 Å². The second-order valence-electron chi connectivity index (χ2n) is 8.61.